The van der Waals surface area contributed by atoms with Crippen LogP contribution in [0.5, 0.6) is 0 Å². The third-order valence-electron chi connectivity index (χ3n) is 3.58. The Balaban J connectivity index is 2.17. The lowest BCUT2D eigenvalue weighted by Crippen LogP contribution is -2.41. The van der Waals surface area contributed by atoms with Gasteiger partial charge in [-0.1, -0.05) is 19.8 Å². The predicted molar refractivity (Wildman–Crippen MR) is 75.7 cm³/mol. The topological polar surface area (TPSA) is 78.9 Å². The molecule has 1 heterocycles. The van der Waals surface area contributed by atoms with E-state index in [-0.39, 0.29) is 19.2 Å². The van der Waals surface area contributed by atoms with Gasteiger partial charge in [-0.3, -0.25) is 0 Å². The molecule has 1 aliphatic rings. The number of rotatable bonds is 7. The molecule has 0 aliphatic carbocycles. The molecular formula is C14H26N2O4. The monoisotopic (exact) mass is 286 g/mol. The van der Waals surface area contributed by atoms with Crippen LogP contribution in [0.1, 0.15) is 39.0 Å². The molecule has 0 aromatic heterocycles. The summed E-state index contributed by atoms with van der Waals surface area (Å²) in [6.45, 7) is 4.07. The number of carboxylic acid groups (broad SMARTS) is 1. The molecule has 6 nitrogen and oxygen atoms in total. The number of carbonyl (C=O) groups excluding carboxylic acids is 1. The highest BCUT2D eigenvalue weighted by molar-refractivity contribution is 5.74. The van der Waals surface area contributed by atoms with E-state index in [4.69, 9.17) is 9.84 Å². The summed E-state index contributed by atoms with van der Waals surface area (Å²) in [4.78, 5) is 24.1. The second-order valence-electron chi connectivity index (χ2n) is 5.25. The highest BCUT2D eigenvalue weighted by Gasteiger charge is 2.19. The zero-order valence-corrected chi connectivity index (χ0v) is 12.3. The molecule has 116 valence electrons. The Kier molecular flexibility index (Phi) is 8.02. The minimum atomic E-state index is -0.995. The lowest BCUT2D eigenvalue weighted by molar-refractivity contribution is -0.142. The summed E-state index contributed by atoms with van der Waals surface area (Å²) in [5.74, 6) is -0.248. The van der Waals surface area contributed by atoms with Gasteiger partial charge in [0, 0.05) is 19.6 Å². The summed E-state index contributed by atoms with van der Waals surface area (Å²) in [5.41, 5.74) is 0. The van der Waals surface area contributed by atoms with Crippen molar-refractivity contribution < 1.29 is 19.4 Å². The molecule has 0 spiro atoms. The van der Waals surface area contributed by atoms with Crippen molar-refractivity contribution in [3.63, 3.8) is 0 Å². The van der Waals surface area contributed by atoms with Gasteiger partial charge >= 0.3 is 12.0 Å². The largest absolute Gasteiger partial charge is 0.480 e. The highest BCUT2D eigenvalue weighted by Crippen LogP contribution is 2.21. The molecule has 0 radical (unpaired) electrons. The highest BCUT2D eigenvalue weighted by atomic mass is 16.5. The molecule has 6 heteroatoms. The first kappa shape index (κ1) is 16.8. The molecule has 0 aromatic carbocycles. The molecule has 2 amide bonds. The zero-order valence-electron chi connectivity index (χ0n) is 12.3. The van der Waals surface area contributed by atoms with Gasteiger partial charge in [-0.05, 0) is 25.2 Å². The van der Waals surface area contributed by atoms with Crippen molar-refractivity contribution in [3.8, 4) is 0 Å². The molecule has 0 bridgehead atoms. The maximum atomic E-state index is 12.0. The van der Waals surface area contributed by atoms with Crippen LogP contribution in [-0.4, -0.2) is 54.9 Å². The minimum absolute atomic E-state index is 0.0685. The number of ether oxygens (including phenoxy) is 1. The zero-order chi connectivity index (χ0) is 14.8. The van der Waals surface area contributed by atoms with E-state index in [2.05, 4.69) is 12.2 Å². The van der Waals surface area contributed by atoms with Crippen LogP contribution in [0, 0.1) is 5.92 Å². The van der Waals surface area contributed by atoms with E-state index in [1.807, 2.05) is 4.90 Å². The molecule has 1 fully saturated rings. The predicted octanol–water partition coefficient (Wildman–Crippen LogP) is 1.70. The van der Waals surface area contributed by atoms with Crippen LogP contribution < -0.4 is 5.32 Å². The second kappa shape index (κ2) is 9.58. The maximum Gasteiger partial charge on any atom is 0.329 e. The average molecular weight is 286 g/mol. The number of nitrogens with zero attached hydrogens (tertiary/aromatic N) is 1. The summed E-state index contributed by atoms with van der Waals surface area (Å²) in [5, 5.41) is 11.2. The van der Waals surface area contributed by atoms with Crippen LogP contribution in [0.25, 0.3) is 0 Å². The molecular weight excluding hydrogens is 260 g/mol. The Hall–Kier alpha value is -1.30. The number of aliphatic carboxylic acids is 1. The molecule has 1 unspecified atom stereocenters. The quantitative estimate of drug-likeness (QED) is 0.698. The van der Waals surface area contributed by atoms with E-state index in [0.717, 1.165) is 31.8 Å². The third-order valence-corrected chi connectivity index (χ3v) is 3.58. The maximum absolute atomic E-state index is 12.0. The minimum Gasteiger partial charge on any atom is -0.480 e. The van der Waals surface area contributed by atoms with Gasteiger partial charge in [-0.25, -0.2) is 9.59 Å². The lowest BCUT2D eigenvalue weighted by atomic mass is 9.96. The van der Waals surface area contributed by atoms with E-state index < -0.39 is 5.97 Å². The fraction of sp³-hybridized carbons (Fsp3) is 0.857. The normalized spacial score (nSPS) is 19.4. The first-order valence-corrected chi connectivity index (χ1v) is 7.45. The molecule has 1 atom stereocenters. The van der Waals surface area contributed by atoms with E-state index in [1.54, 1.807) is 0 Å². The lowest BCUT2D eigenvalue weighted by Gasteiger charge is -2.21. The van der Waals surface area contributed by atoms with Crippen LogP contribution in [0.2, 0.25) is 0 Å². The summed E-state index contributed by atoms with van der Waals surface area (Å²) in [6.07, 6.45) is 5.81. The SMILES string of the molecule is CCCC1CCCN(C(=O)NCCOCC(=O)O)CC1. The number of amides is 2. The van der Waals surface area contributed by atoms with Gasteiger partial charge in [0.05, 0.1) is 6.61 Å². The summed E-state index contributed by atoms with van der Waals surface area (Å²) in [6, 6.07) is -0.0685. The number of urea groups is 1. The average Bonchev–Trinajstić information content (AvgIpc) is 2.64. The van der Waals surface area contributed by atoms with Crippen molar-refractivity contribution in [1.29, 1.82) is 0 Å². The van der Waals surface area contributed by atoms with Gasteiger partial charge in [-0.2, -0.15) is 0 Å². The van der Waals surface area contributed by atoms with E-state index in [1.165, 1.54) is 19.3 Å². The van der Waals surface area contributed by atoms with Crippen LogP contribution in [0.4, 0.5) is 4.79 Å². The van der Waals surface area contributed by atoms with Gasteiger partial charge in [0.2, 0.25) is 0 Å². The first-order valence-electron chi connectivity index (χ1n) is 7.45. The molecule has 20 heavy (non-hydrogen) atoms. The molecule has 1 aliphatic heterocycles. The van der Waals surface area contributed by atoms with Crippen LogP contribution in [0.3, 0.4) is 0 Å². The van der Waals surface area contributed by atoms with Gasteiger partial charge in [0.25, 0.3) is 0 Å². The van der Waals surface area contributed by atoms with E-state index in [0.29, 0.717) is 6.54 Å². The Morgan fingerprint density at radius 3 is 2.85 bits per heavy atom. The standard InChI is InChI=1S/C14H26N2O4/c1-2-4-12-5-3-8-16(9-6-12)14(19)15-7-10-20-11-13(17)18/h12H,2-11H2,1H3,(H,15,19)(H,17,18). The summed E-state index contributed by atoms with van der Waals surface area (Å²) >= 11 is 0. The number of carbonyl (C=O) groups is 2. The Morgan fingerprint density at radius 1 is 1.35 bits per heavy atom. The van der Waals surface area contributed by atoms with Crippen molar-refractivity contribution in [3.05, 3.63) is 0 Å². The van der Waals surface area contributed by atoms with E-state index >= 15 is 0 Å². The number of carboxylic acids is 1. The van der Waals surface area contributed by atoms with E-state index in [9.17, 15) is 9.59 Å². The number of hydrogen-bond acceptors (Lipinski definition) is 3. The second-order valence-corrected chi connectivity index (χ2v) is 5.25. The van der Waals surface area contributed by atoms with Crippen molar-refractivity contribution >= 4 is 12.0 Å². The summed E-state index contributed by atoms with van der Waals surface area (Å²) in [7, 11) is 0. The molecule has 0 saturated carbocycles. The molecule has 2 N–H and O–H groups in total. The van der Waals surface area contributed by atoms with Crippen LogP contribution in [-0.2, 0) is 9.53 Å². The van der Waals surface area contributed by atoms with Crippen molar-refractivity contribution in [1.82, 2.24) is 10.2 Å². The van der Waals surface area contributed by atoms with Crippen molar-refractivity contribution in [2.45, 2.75) is 39.0 Å². The summed E-state index contributed by atoms with van der Waals surface area (Å²) < 4.78 is 4.87. The van der Waals surface area contributed by atoms with Gasteiger partial charge in [-0.15, -0.1) is 0 Å². The Labute approximate surface area is 120 Å². The van der Waals surface area contributed by atoms with Crippen molar-refractivity contribution in [2.24, 2.45) is 5.92 Å². The molecule has 1 rings (SSSR count). The fourth-order valence-electron chi connectivity index (χ4n) is 2.57. The smallest absolute Gasteiger partial charge is 0.329 e. The first-order chi connectivity index (χ1) is 9.63. The number of nitrogens with one attached hydrogen (secondary N) is 1. The number of hydrogen-bond donors (Lipinski definition) is 2. The van der Waals surface area contributed by atoms with Crippen molar-refractivity contribution in [2.75, 3.05) is 32.8 Å². The van der Waals surface area contributed by atoms with Crippen LogP contribution >= 0.6 is 0 Å². The third kappa shape index (κ3) is 6.75. The molecule has 0 aromatic rings. The van der Waals surface area contributed by atoms with Gasteiger partial charge < -0.3 is 20.1 Å². The van der Waals surface area contributed by atoms with Crippen LogP contribution in [0.15, 0.2) is 0 Å². The fourth-order valence-corrected chi connectivity index (χ4v) is 2.57. The Bertz CT molecular complexity index is 310. The number of likely N-dealkylation sites (tertiary alicyclic amines) is 1. The van der Waals surface area contributed by atoms with Gasteiger partial charge in [0.15, 0.2) is 0 Å². The Morgan fingerprint density at radius 2 is 2.15 bits per heavy atom. The molecule has 1 saturated heterocycles. The van der Waals surface area contributed by atoms with Gasteiger partial charge in [0.1, 0.15) is 6.61 Å².